The van der Waals surface area contributed by atoms with E-state index in [0.717, 1.165) is 32.2 Å². The van der Waals surface area contributed by atoms with Gasteiger partial charge in [0, 0.05) is 37.1 Å². The number of nitrogens with zero attached hydrogens (tertiary/aromatic N) is 2. The molecule has 2 bridgehead atoms. The van der Waals surface area contributed by atoms with Crippen LogP contribution >= 0.6 is 0 Å². The molecule has 4 atom stereocenters. The van der Waals surface area contributed by atoms with Crippen LogP contribution in [0.4, 0.5) is 0 Å². The molecule has 1 saturated carbocycles. The van der Waals surface area contributed by atoms with Crippen LogP contribution in [0.15, 0.2) is 54.6 Å². The molecule has 0 aromatic heterocycles. The van der Waals surface area contributed by atoms with Gasteiger partial charge >= 0.3 is 0 Å². The Morgan fingerprint density at radius 2 is 1.68 bits per heavy atom. The number of aromatic hydroxyl groups is 1. The SMILES string of the molecule is C[C@H](CN1[C@@H]2CC[C@H]1CC(c1cccc(O)c1)C2)N(Cc1ccccc1)C(=O)C1CCCCC1. The lowest BCUT2D eigenvalue weighted by molar-refractivity contribution is -0.140. The van der Waals surface area contributed by atoms with Crippen molar-refractivity contribution in [2.45, 2.75) is 95.3 Å². The minimum absolute atomic E-state index is 0.202. The highest BCUT2D eigenvalue weighted by atomic mass is 16.3. The molecular weight excluding hydrogens is 420 g/mol. The predicted octanol–water partition coefficient (Wildman–Crippen LogP) is 6.10. The molecule has 0 radical (unpaired) electrons. The van der Waals surface area contributed by atoms with E-state index in [9.17, 15) is 9.90 Å². The number of hydrogen-bond acceptors (Lipinski definition) is 3. The zero-order chi connectivity index (χ0) is 23.5. The van der Waals surface area contributed by atoms with Gasteiger partial charge in [0.2, 0.25) is 5.91 Å². The zero-order valence-corrected chi connectivity index (χ0v) is 20.6. The number of rotatable bonds is 7. The van der Waals surface area contributed by atoms with Gasteiger partial charge in [-0.05, 0) is 74.6 Å². The van der Waals surface area contributed by atoms with Gasteiger partial charge in [-0.1, -0.05) is 61.7 Å². The van der Waals surface area contributed by atoms with Gasteiger partial charge in [-0.15, -0.1) is 0 Å². The van der Waals surface area contributed by atoms with E-state index in [1.807, 2.05) is 12.1 Å². The van der Waals surface area contributed by atoms with Crippen LogP contribution in [0.1, 0.15) is 81.8 Å². The molecule has 2 aromatic carbocycles. The molecule has 5 rings (SSSR count). The number of benzene rings is 2. The number of carbonyl (C=O) groups is 1. The quantitative estimate of drug-likeness (QED) is 0.543. The Balaban J connectivity index is 1.29. The summed E-state index contributed by atoms with van der Waals surface area (Å²) in [5.74, 6) is 1.48. The van der Waals surface area contributed by atoms with E-state index in [1.54, 1.807) is 6.07 Å². The fraction of sp³-hybridized carbons (Fsp3) is 0.567. The Morgan fingerprint density at radius 3 is 2.35 bits per heavy atom. The lowest BCUT2D eigenvalue weighted by Crippen LogP contribution is -2.51. The van der Waals surface area contributed by atoms with Crippen molar-refractivity contribution in [3.63, 3.8) is 0 Å². The van der Waals surface area contributed by atoms with Gasteiger partial charge in [0.1, 0.15) is 5.75 Å². The third-order valence-corrected chi connectivity index (χ3v) is 8.67. The first-order chi connectivity index (χ1) is 16.6. The van der Waals surface area contributed by atoms with Gasteiger partial charge < -0.3 is 10.0 Å². The smallest absolute Gasteiger partial charge is 0.226 e. The lowest BCUT2D eigenvalue weighted by atomic mass is 9.84. The molecule has 3 aliphatic rings. The van der Waals surface area contributed by atoms with E-state index in [4.69, 9.17) is 0 Å². The highest BCUT2D eigenvalue weighted by Gasteiger charge is 2.42. The van der Waals surface area contributed by atoms with Crippen molar-refractivity contribution in [2.75, 3.05) is 6.54 Å². The summed E-state index contributed by atoms with van der Waals surface area (Å²) in [6, 6.07) is 19.7. The highest BCUT2D eigenvalue weighted by molar-refractivity contribution is 5.79. The van der Waals surface area contributed by atoms with Gasteiger partial charge in [0.25, 0.3) is 0 Å². The summed E-state index contributed by atoms with van der Waals surface area (Å²) >= 11 is 0. The lowest BCUT2D eigenvalue weighted by Gasteiger charge is -2.43. The minimum atomic E-state index is 0.202. The van der Waals surface area contributed by atoms with Gasteiger partial charge in [0.15, 0.2) is 0 Å². The number of amides is 1. The van der Waals surface area contributed by atoms with Crippen molar-refractivity contribution in [1.29, 1.82) is 0 Å². The fourth-order valence-corrected chi connectivity index (χ4v) is 6.84. The maximum Gasteiger partial charge on any atom is 0.226 e. The largest absolute Gasteiger partial charge is 0.508 e. The van der Waals surface area contributed by atoms with Gasteiger partial charge in [-0.2, -0.15) is 0 Å². The van der Waals surface area contributed by atoms with E-state index in [0.29, 0.717) is 36.2 Å². The van der Waals surface area contributed by atoms with Gasteiger partial charge in [0.05, 0.1) is 0 Å². The first-order valence-corrected chi connectivity index (χ1v) is 13.5. The van der Waals surface area contributed by atoms with E-state index < -0.39 is 0 Å². The summed E-state index contributed by atoms with van der Waals surface area (Å²) in [5.41, 5.74) is 2.51. The molecule has 4 nitrogen and oxygen atoms in total. The number of fused-ring (bicyclic) bond motifs is 2. The third-order valence-electron chi connectivity index (χ3n) is 8.67. The van der Waals surface area contributed by atoms with Crippen LogP contribution in [-0.2, 0) is 11.3 Å². The second-order valence-corrected chi connectivity index (χ2v) is 11.0. The van der Waals surface area contributed by atoms with Crippen molar-refractivity contribution in [2.24, 2.45) is 5.92 Å². The summed E-state index contributed by atoms with van der Waals surface area (Å²) < 4.78 is 0. The second kappa shape index (κ2) is 10.5. The monoisotopic (exact) mass is 460 g/mol. The molecule has 1 unspecified atom stereocenters. The fourth-order valence-electron chi connectivity index (χ4n) is 6.84. The first kappa shape index (κ1) is 23.4. The van der Waals surface area contributed by atoms with Crippen LogP contribution in [-0.4, -0.2) is 45.5 Å². The summed E-state index contributed by atoms with van der Waals surface area (Å²) in [5, 5.41) is 9.96. The zero-order valence-electron chi connectivity index (χ0n) is 20.6. The average Bonchev–Trinajstić information content (AvgIpc) is 3.09. The summed E-state index contributed by atoms with van der Waals surface area (Å²) in [7, 11) is 0. The Kier molecular flexibility index (Phi) is 7.24. The molecular formula is C30H40N2O2. The molecule has 1 amide bonds. The van der Waals surface area contributed by atoms with E-state index in [-0.39, 0.29) is 12.0 Å². The van der Waals surface area contributed by atoms with Crippen LogP contribution in [0.2, 0.25) is 0 Å². The normalized spacial score (nSPS) is 26.3. The molecule has 0 spiro atoms. The Hall–Kier alpha value is -2.33. The number of piperidine rings is 1. The maximum absolute atomic E-state index is 13.7. The predicted molar refractivity (Wildman–Crippen MR) is 137 cm³/mol. The maximum atomic E-state index is 13.7. The number of carbonyl (C=O) groups excluding carboxylic acids is 1. The number of hydrogen-bond donors (Lipinski definition) is 1. The van der Waals surface area contributed by atoms with Crippen molar-refractivity contribution in [3.05, 3.63) is 65.7 Å². The summed E-state index contributed by atoms with van der Waals surface area (Å²) in [6.45, 7) is 3.95. The summed E-state index contributed by atoms with van der Waals surface area (Å²) in [4.78, 5) is 18.6. The average molecular weight is 461 g/mol. The molecule has 3 fully saturated rings. The van der Waals surface area contributed by atoms with E-state index in [2.05, 4.69) is 53.1 Å². The molecule has 182 valence electrons. The standard InChI is InChI=1S/C30H40N2O2/c1-22(31(21-23-9-4-2-5-10-23)30(34)24-11-6-3-7-12-24)20-32-27-15-16-28(32)18-26(17-27)25-13-8-14-29(33)19-25/h2,4-5,8-10,13-14,19,22,24,26-28,33H,3,6-7,11-12,15-18,20-21H2,1H3/t22-,26?,27-,28+/m1/s1. The van der Waals surface area contributed by atoms with Crippen molar-refractivity contribution < 1.29 is 9.90 Å². The second-order valence-electron chi connectivity index (χ2n) is 11.0. The van der Waals surface area contributed by atoms with Gasteiger partial charge in [-0.3, -0.25) is 9.69 Å². The van der Waals surface area contributed by atoms with E-state index >= 15 is 0 Å². The molecule has 2 saturated heterocycles. The molecule has 2 aromatic rings. The molecule has 2 aliphatic heterocycles. The number of phenols is 1. The van der Waals surface area contributed by atoms with Crippen LogP contribution in [0, 0.1) is 5.92 Å². The van der Waals surface area contributed by atoms with Crippen molar-refractivity contribution >= 4 is 5.91 Å². The Morgan fingerprint density at radius 1 is 0.971 bits per heavy atom. The molecule has 34 heavy (non-hydrogen) atoms. The molecule has 4 heteroatoms. The van der Waals surface area contributed by atoms with Crippen molar-refractivity contribution in [3.8, 4) is 5.75 Å². The van der Waals surface area contributed by atoms with Crippen molar-refractivity contribution in [1.82, 2.24) is 9.80 Å². The van der Waals surface area contributed by atoms with E-state index in [1.165, 1.54) is 43.2 Å². The minimum Gasteiger partial charge on any atom is -0.508 e. The van der Waals surface area contributed by atoms with Gasteiger partial charge in [-0.25, -0.2) is 0 Å². The molecule has 1 N–H and O–H groups in total. The van der Waals surface area contributed by atoms with Crippen LogP contribution in [0.25, 0.3) is 0 Å². The Labute approximate surface area is 205 Å². The summed E-state index contributed by atoms with van der Waals surface area (Å²) in [6.07, 6.45) is 10.6. The first-order valence-electron chi connectivity index (χ1n) is 13.5. The topological polar surface area (TPSA) is 43.8 Å². The highest BCUT2D eigenvalue weighted by Crippen LogP contribution is 2.43. The van der Waals surface area contributed by atoms with Crippen LogP contribution in [0.3, 0.4) is 0 Å². The number of phenolic OH excluding ortho intramolecular Hbond substituents is 1. The third kappa shape index (κ3) is 5.17. The molecule has 1 aliphatic carbocycles. The molecule has 2 heterocycles. The van der Waals surface area contributed by atoms with Crippen LogP contribution in [0.5, 0.6) is 5.75 Å². The van der Waals surface area contributed by atoms with Crippen LogP contribution < -0.4 is 0 Å². The Bertz CT molecular complexity index is 941.